The molecule has 0 fully saturated rings. The molecule has 0 aliphatic heterocycles. The molecule has 0 atom stereocenters. The Balaban J connectivity index is 0.000000523. The molecule has 0 bridgehead atoms. The van der Waals surface area contributed by atoms with Crippen LogP contribution in [0.15, 0.2) is 108 Å². The molecule has 0 aliphatic carbocycles. The van der Waals surface area contributed by atoms with Gasteiger partial charge in [0.25, 0.3) is 0 Å². The Morgan fingerprint density at radius 2 is 0.938 bits per heavy atom. The van der Waals surface area contributed by atoms with Crippen LogP contribution in [0.1, 0.15) is 6.92 Å². The van der Waals surface area contributed by atoms with Crippen LogP contribution in [0, 0.1) is 0 Å². The van der Waals surface area contributed by atoms with Crippen LogP contribution >= 0.6 is 0 Å². The van der Waals surface area contributed by atoms with E-state index in [2.05, 4.69) is 90.0 Å². The first-order chi connectivity index (χ1) is 15.4. The Morgan fingerprint density at radius 3 is 1.28 bits per heavy atom. The average molecular weight is 436 g/mol. The van der Waals surface area contributed by atoms with Crippen LogP contribution in [0.3, 0.4) is 0 Å². The third-order valence-electron chi connectivity index (χ3n) is 4.52. The lowest BCUT2D eigenvalue weighted by atomic mass is 10.00. The van der Waals surface area contributed by atoms with Crippen molar-refractivity contribution in [3.8, 4) is 33.6 Å². The monoisotopic (exact) mass is 436 g/mol. The Labute approximate surface area is 184 Å². The van der Waals surface area contributed by atoms with Gasteiger partial charge in [-0.15, -0.1) is 0 Å². The van der Waals surface area contributed by atoms with Crippen LogP contribution in [0.2, 0.25) is 0 Å². The summed E-state index contributed by atoms with van der Waals surface area (Å²) in [5.74, 6) is 0. The molecule has 32 heavy (non-hydrogen) atoms. The number of hydrogen-bond acceptors (Lipinski definition) is 1. The third-order valence-corrected chi connectivity index (χ3v) is 4.52. The molecule has 1 heterocycles. The maximum atomic E-state index is 9.75. The molecule has 0 aliphatic rings. The zero-order valence-corrected chi connectivity index (χ0v) is 17.4. The van der Waals surface area contributed by atoms with Gasteiger partial charge in [0, 0.05) is 23.3 Å². The molecule has 0 radical (unpaired) electrons. The lowest BCUT2D eigenvalue weighted by Gasteiger charge is -2.08. The quantitative estimate of drug-likeness (QED) is 0.140. The molecule has 0 spiro atoms. The van der Waals surface area contributed by atoms with Crippen molar-refractivity contribution in [2.45, 2.75) is 6.92 Å². The van der Waals surface area contributed by atoms with Gasteiger partial charge < -0.3 is 17.3 Å². The van der Waals surface area contributed by atoms with Gasteiger partial charge >= 0.3 is 7.25 Å². The van der Waals surface area contributed by atoms with Gasteiger partial charge in [-0.1, -0.05) is 66.7 Å². The zero-order valence-electron chi connectivity index (χ0n) is 17.4. The number of rotatable bonds is 4. The number of benzene rings is 3. The van der Waals surface area contributed by atoms with Crippen molar-refractivity contribution in [1.29, 1.82) is 0 Å². The summed E-state index contributed by atoms with van der Waals surface area (Å²) in [4.78, 5) is 0. The first-order valence-corrected chi connectivity index (χ1v) is 9.99. The van der Waals surface area contributed by atoms with Crippen LogP contribution in [-0.4, -0.2) is 13.5 Å². The van der Waals surface area contributed by atoms with Crippen molar-refractivity contribution in [3.05, 3.63) is 103 Å². The van der Waals surface area contributed by atoms with Crippen LogP contribution in [0.5, 0.6) is 0 Å². The van der Waals surface area contributed by atoms with E-state index in [1.54, 1.807) is 0 Å². The minimum absolute atomic E-state index is 1.06. The van der Waals surface area contributed by atoms with Gasteiger partial charge in [0.15, 0.2) is 0 Å². The van der Waals surface area contributed by atoms with Crippen LogP contribution in [0.25, 0.3) is 33.6 Å². The largest absolute Gasteiger partial charge is 0.673 e. The van der Waals surface area contributed by atoms with Crippen molar-refractivity contribution in [3.63, 3.8) is 0 Å². The van der Waals surface area contributed by atoms with Gasteiger partial charge in [-0.3, -0.25) is 0 Å². The average Bonchev–Trinajstić information content (AvgIpc) is 2.80. The van der Waals surface area contributed by atoms with E-state index in [1.807, 2.05) is 36.0 Å². The Kier molecular flexibility index (Phi) is 7.55. The molecule has 3 aromatic carbocycles. The maximum absolute atomic E-state index is 9.75. The third kappa shape index (κ3) is 6.38. The molecule has 162 valence electrons. The van der Waals surface area contributed by atoms with E-state index in [0.29, 0.717) is 0 Å². The zero-order chi connectivity index (χ0) is 23.0. The predicted octanol–water partition coefficient (Wildman–Crippen LogP) is 7.13. The minimum atomic E-state index is -6.00. The van der Waals surface area contributed by atoms with E-state index in [0.717, 1.165) is 22.5 Å². The summed E-state index contributed by atoms with van der Waals surface area (Å²) in [5.41, 5.74) is 6.77. The van der Waals surface area contributed by atoms with Crippen molar-refractivity contribution < 1.29 is 21.9 Å². The van der Waals surface area contributed by atoms with Gasteiger partial charge in [0.2, 0.25) is 11.4 Å². The number of halogens is 4. The topological polar surface area (TPSA) is 16.2 Å². The van der Waals surface area contributed by atoms with E-state index in [4.69, 9.17) is 0 Å². The summed E-state index contributed by atoms with van der Waals surface area (Å²) < 4.78 is 41.0. The lowest BCUT2D eigenvalue weighted by molar-refractivity contribution is -0.656. The van der Waals surface area contributed by atoms with E-state index in [9.17, 15) is 17.3 Å². The number of nitrogens with zero attached hydrogens (tertiary/aromatic N) is 2. The smallest absolute Gasteiger partial charge is 0.418 e. The molecule has 0 saturated carbocycles. The van der Waals surface area contributed by atoms with E-state index in [-0.39, 0.29) is 0 Å². The fourth-order valence-corrected chi connectivity index (χ4v) is 3.25. The minimum Gasteiger partial charge on any atom is -0.418 e. The SMILES string of the molecule is C/C=N\[n+]1c(-c2ccccc2)cc(-c2ccccc2)cc1-c1ccccc1.F[B-](F)(F)F. The standard InChI is InChI=1S/C25H21N2.BF4/c1-2-26-27-24(21-14-8-4-9-15-21)18-23(20-12-6-3-7-13-20)19-25(27)22-16-10-5-11-17-22;2-1(3,4)5/h2-19H,1H3;/q+1;-1/b26-2-;. The second-order valence-corrected chi connectivity index (χ2v) is 6.79. The van der Waals surface area contributed by atoms with Crippen LogP contribution in [0.4, 0.5) is 17.3 Å². The highest BCUT2D eigenvalue weighted by Gasteiger charge is 2.23. The molecule has 7 heteroatoms. The lowest BCUT2D eigenvalue weighted by Crippen LogP contribution is -2.33. The van der Waals surface area contributed by atoms with Gasteiger partial charge in [-0.25, -0.2) is 0 Å². The van der Waals surface area contributed by atoms with Crippen molar-refractivity contribution in [2.24, 2.45) is 5.10 Å². The molecular weight excluding hydrogens is 415 g/mol. The number of aromatic nitrogens is 1. The van der Waals surface area contributed by atoms with Crippen molar-refractivity contribution >= 4 is 13.5 Å². The van der Waals surface area contributed by atoms with E-state index < -0.39 is 7.25 Å². The summed E-state index contributed by atoms with van der Waals surface area (Å²) >= 11 is 0. The molecule has 1 aromatic heterocycles. The van der Waals surface area contributed by atoms with Gasteiger partial charge in [0.05, 0.1) is 6.21 Å². The molecule has 0 unspecified atom stereocenters. The molecular formula is C25H21BF4N2. The Morgan fingerprint density at radius 1 is 0.594 bits per heavy atom. The number of hydrogen-bond donors (Lipinski definition) is 0. The molecule has 4 rings (SSSR count). The summed E-state index contributed by atoms with van der Waals surface area (Å²) in [6.45, 7) is 1.95. The first-order valence-electron chi connectivity index (χ1n) is 9.99. The highest BCUT2D eigenvalue weighted by molar-refractivity contribution is 6.50. The molecule has 0 N–H and O–H groups in total. The highest BCUT2D eigenvalue weighted by Crippen LogP contribution is 2.29. The number of pyridine rings is 1. The predicted molar refractivity (Wildman–Crippen MR) is 123 cm³/mol. The molecule has 4 aromatic rings. The maximum Gasteiger partial charge on any atom is 0.673 e. The van der Waals surface area contributed by atoms with Crippen molar-refractivity contribution in [2.75, 3.05) is 0 Å². The van der Waals surface area contributed by atoms with Gasteiger partial charge in [-0.2, -0.15) is 0 Å². The fourth-order valence-electron chi connectivity index (χ4n) is 3.25. The van der Waals surface area contributed by atoms with Gasteiger partial charge in [-0.05, 0) is 52.1 Å². The second kappa shape index (κ2) is 10.5. The summed E-state index contributed by atoms with van der Waals surface area (Å²) in [6, 6.07) is 35.7. The normalized spacial score (nSPS) is 11.2. The van der Waals surface area contributed by atoms with E-state index in [1.165, 1.54) is 11.1 Å². The molecule has 0 saturated heterocycles. The summed E-state index contributed by atoms with van der Waals surface area (Å²) in [5, 5.41) is 4.69. The fraction of sp³-hybridized carbons (Fsp3) is 0.0400. The first kappa shape index (κ1) is 22.9. The van der Waals surface area contributed by atoms with Gasteiger partial charge in [0.1, 0.15) is 0 Å². The van der Waals surface area contributed by atoms with Crippen molar-refractivity contribution in [1.82, 2.24) is 0 Å². The Hall–Kier alpha value is -3.74. The highest BCUT2D eigenvalue weighted by atomic mass is 19.5. The molecule has 0 amide bonds. The summed E-state index contributed by atoms with van der Waals surface area (Å²) in [7, 11) is -6.00. The van der Waals surface area contributed by atoms with Crippen LogP contribution in [-0.2, 0) is 0 Å². The Bertz CT molecular complexity index is 1100. The molecule has 2 nitrogen and oxygen atoms in total. The van der Waals surface area contributed by atoms with Crippen LogP contribution < -0.4 is 4.68 Å². The second-order valence-electron chi connectivity index (χ2n) is 6.79. The summed E-state index contributed by atoms with van der Waals surface area (Å²) in [6.07, 6.45) is 1.83. The van der Waals surface area contributed by atoms with E-state index >= 15 is 0 Å².